The zero-order valence-corrected chi connectivity index (χ0v) is 14.7. The molecule has 0 aliphatic rings. The summed E-state index contributed by atoms with van der Waals surface area (Å²) in [5.74, 6) is 2.24. The number of halogens is 2. The van der Waals surface area contributed by atoms with Crippen molar-refractivity contribution in [3.05, 3.63) is 58.4 Å². The van der Waals surface area contributed by atoms with Gasteiger partial charge in [-0.25, -0.2) is 9.82 Å². The molecule has 2 aromatic carbocycles. The fourth-order valence-corrected chi connectivity index (χ4v) is 2.28. The van der Waals surface area contributed by atoms with Crippen molar-refractivity contribution in [3.63, 3.8) is 0 Å². The number of carbonyl (C=O) groups is 1. The number of carbonyl (C=O) groups excluding carboxylic acids is 1. The minimum atomic E-state index is -0.466. The largest absolute Gasteiger partial charge is 0.490 e. The highest BCUT2D eigenvalue weighted by Crippen LogP contribution is 2.36. The Labute approximate surface area is 155 Å². The average molecular weight is 375 g/mol. The van der Waals surface area contributed by atoms with Gasteiger partial charge in [-0.3, -0.25) is 4.79 Å². The monoisotopic (exact) mass is 374 g/mol. The molecule has 0 aromatic heterocycles. The van der Waals surface area contributed by atoms with Crippen molar-refractivity contribution in [2.45, 2.75) is 6.92 Å². The van der Waals surface area contributed by atoms with E-state index < -0.39 is 11.7 Å². The van der Waals surface area contributed by atoms with Crippen LogP contribution in [0.4, 0.5) is 4.39 Å². The summed E-state index contributed by atoms with van der Waals surface area (Å²) in [6.45, 7) is 2.29. The summed E-state index contributed by atoms with van der Waals surface area (Å²) in [5, 5.41) is 4.17. The molecule has 0 atom stereocenters. The van der Waals surface area contributed by atoms with E-state index in [9.17, 15) is 9.18 Å². The molecule has 134 valence electrons. The van der Waals surface area contributed by atoms with Gasteiger partial charge < -0.3 is 9.47 Å². The lowest BCUT2D eigenvalue weighted by Gasteiger charge is -2.12. The van der Waals surface area contributed by atoms with Gasteiger partial charge in [-0.2, -0.15) is 5.10 Å². The molecular formula is C19H16ClFN2O3. The minimum Gasteiger partial charge on any atom is -0.490 e. The number of amides is 1. The number of nitrogens with one attached hydrogen (secondary N) is 1. The van der Waals surface area contributed by atoms with Crippen molar-refractivity contribution < 1.29 is 18.7 Å². The Morgan fingerprint density at radius 1 is 1.35 bits per heavy atom. The van der Waals surface area contributed by atoms with Crippen molar-refractivity contribution in [1.29, 1.82) is 0 Å². The number of ether oxygens (including phenoxy) is 2. The van der Waals surface area contributed by atoms with Gasteiger partial charge in [0.05, 0.1) is 17.8 Å². The first-order valence-corrected chi connectivity index (χ1v) is 8.04. The molecule has 0 heterocycles. The molecule has 0 bridgehead atoms. The molecule has 0 unspecified atom stereocenters. The molecule has 0 radical (unpaired) electrons. The summed E-state index contributed by atoms with van der Waals surface area (Å²) in [7, 11) is 0. The third-order valence-electron chi connectivity index (χ3n) is 3.12. The first-order chi connectivity index (χ1) is 12.5. The second kappa shape index (κ2) is 9.44. The number of benzene rings is 2. The number of hydrazone groups is 1. The van der Waals surface area contributed by atoms with E-state index in [1.807, 2.05) is 6.92 Å². The molecule has 0 spiro atoms. The lowest BCUT2D eigenvalue weighted by atomic mass is 10.2. The molecule has 2 aromatic rings. The maximum atomic E-state index is 12.9. The second-order valence-electron chi connectivity index (χ2n) is 4.96. The van der Waals surface area contributed by atoms with Crippen molar-refractivity contribution in [2.24, 2.45) is 5.10 Å². The third kappa shape index (κ3) is 5.23. The van der Waals surface area contributed by atoms with Crippen molar-refractivity contribution in [1.82, 2.24) is 5.43 Å². The Morgan fingerprint density at radius 2 is 2.08 bits per heavy atom. The average Bonchev–Trinajstić information content (AvgIpc) is 2.62. The van der Waals surface area contributed by atoms with Gasteiger partial charge in [0.15, 0.2) is 11.5 Å². The van der Waals surface area contributed by atoms with Crippen LogP contribution in [-0.2, 0) is 0 Å². The Balaban J connectivity index is 2.12. The number of hydrogen-bond donors (Lipinski definition) is 1. The van der Waals surface area contributed by atoms with Crippen LogP contribution in [0, 0.1) is 18.2 Å². The van der Waals surface area contributed by atoms with Crippen LogP contribution in [0.3, 0.4) is 0 Å². The zero-order valence-electron chi connectivity index (χ0n) is 14.0. The highest BCUT2D eigenvalue weighted by molar-refractivity contribution is 6.32. The minimum absolute atomic E-state index is 0.0565. The van der Waals surface area contributed by atoms with E-state index in [2.05, 4.69) is 16.4 Å². The van der Waals surface area contributed by atoms with Crippen LogP contribution in [-0.4, -0.2) is 25.3 Å². The smallest absolute Gasteiger partial charge is 0.271 e. The molecule has 0 saturated heterocycles. The number of terminal acetylenes is 1. The molecular weight excluding hydrogens is 359 g/mol. The number of hydrogen-bond acceptors (Lipinski definition) is 4. The summed E-state index contributed by atoms with van der Waals surface area (Å²) in [6, 6.07) is 8.38. The molecule has 0 saturated carbocycles. The van der Waals surface area contributed by atoms with Gasteiger partial charge in [0.1, 0.15) is 12.4 Å². The van der Waals surface area contributed by atoms with E-state index in [0.29, 0.717) is 28.7 Å². The van der Waals surface area contributed by atoms with Crippen molar-refractivity contribution in [3.8, 4) is 23.8 Å². The van der Waals surface area contributed by atoms with Crippen LogP contribution >= 0.6 is 11.6 Å². The normalized spacial score (nSPS) is 10.4. The molecule has 1 N–H and O–H groups in total. The number of rotatable bonds is 7. The highest BCUT2D eigenvalue weighted by atomic mass is 35.5. The molecule has 26 heavy (non-hydrogen) atoms. The maximum Gasteiger partial charge on any atom is 0.271 e. The molecule has 0 aliphatic carbocycles. The summed E-state index contributed by atoms with van der Waals surface area (Å²) in [4.78, 5) is 11.9. The molecule has 2 rings (SSSR count). The Kier molecular flexibility index (Phi) is 7.01. The summed E-state index contributed by atoms with van der Waals surface area (Å²) >= 11 is 6.20. The lowest BCUT2D eigenvalue weighted by Crippen LogP contribution is -2.17. The van der Waals surface area contributed by atoms with Gasteiger partial charge in [-0.05, 0) is 48.9 Å². The van der Waals surface area contributed by atoms with Crippen LogP contribution in [0.5, 0.6) is 11.5 Å². The van der Waals surface area contributed by atoms with Crippen LogP contribution < -0.4 is 14.9 Å². The summed E-state index contributed by atoms with van der Waals surface area (Å²) < 4.78 is 23.8. The fourth-order valence-electron chi connectivity index (χ4n) is 2.01. The van der Waals surface area contributed by atoms with Gasteiger partial charge in [0.2, 0.25) is 0 Å². The van der Waals surface area contributed by atoms with Crippen LogP contribution in [0.2, 0.25) is 5.02 Å². The van der Waals surface area contributed by atoms with Gasteiger partial charge in [0, 0.05) is 5.56 Å². The van der Waals surface area contributed by atoms with E-state index in [0.717, 1.165) is 0 Å². The van der Waals surface area contributed by atoms with Crippen LogP contribution in [0.1, 0.15) is 22.8 Å². The Hall–Kier alpha value is -3.04. The Morgan fingerprint density at radius 3 is 2.73 bits per heavy atom. The molecule has 0 fully saturated rings. The molecule has 1 amide bonds. The predicted octanol–water partition coefficient (Wildman–Crippen LogP) is 3.65. The standard InChI is InChI=1S/C19H16ClFN2O3/c1-3-9-26-18-16(20)10-13(11-17(18)25-4-2)12-22-23-19(24)14-5-7-15(21)8-6-14/h1,5-8,10-12H,4,9H2,2H3,(H,23,24)/b22-12-. The van der Waals surface area contributed by atoms with E-state index in [-0.39, 0.29) is 12.2 Å². The van der Waals surface area contributed by atoms with E-state index in [1.54, 1.807) is 12.1 Å². The van der Waals surface area contributed by atoms with E-state index in [4.69, 9.17) is 27.5 Å². The first kappa shape index (κ1) is 19.3. The third-order valence-corrected chi connectivity index (χ3v) is 3.40. The molecule has 0 aliphatic heterocycles. The van der Waals surface area contributed by atoms with Gasteiger partial charge >= 0.3 is 0 Å². The first-order valence-electron chi connectivity index (χ1n) is 7.66. The van der Waals surface area contributed by atoms with Crippen LogP contribution in [0.25, 0.3) is 0 Å². The zero-order chi connectivity index (χ0) is 18.9. The Bertz CT molecular complexity index is 845. The number of nitrogens with zero attached hydrogens (tertiary/aromatic N) is 1. The van der Waals surface area contributed by atoms with Gasteiger partial charge in [-0.1, -0.05) is 17.5 Å². The summed E-state index contributed by atoms with van der Waals surface area (Å²) in [6.07, 6.45) is 6.59. The SMILES string of the molecule is C#CCOc1c(Cl)cc(/C=N\NC(=O)c2ccc(F)cc2)cc1OCC. The quantitative estimate of drug-likeness (QED) is 0.457. The van der Waals surface area contributed by atoms with Gasteiger partial charge in [0.25, 0.3) is 5.91 Å². The van der Waals surface area contributed by atoms with E-state index >= 15 is 0 Å². The van der Waals surface area contributed by atoms with E-state index in [1.165, 1.54) is 30.5 Å². The van der Waals surface area contributed by atoms with Gasteiger partial charge in [-0.15, -0.1) is 6.42 Å². The van der Waals surface area contributed by atoms with Crippen LogP contribution in [0.15, 0.2) is 41.5 Å². The maximum absolute atomic E-state index is 12.9. The lowest BCUT2D eigenvalue weighted by molar-refractivity contribution is 0.0955. The highest BCUT2D eigenvalue weighted by Gasteiger charge is 2.12. The topological polar surface area (TPSA) is 59.9 Å². The van der Waals surface area contributed by atoms with Crippen molar-refractivity contribution >= 4 is 23.7 Å². The fraction of sp³-hybridized carbons (Fsp3) is 0.158. The predicted molar refractivity (Wildman–Crippen MR) is 98.4 cm³/mol. The van der Waals surface area contributed by atoms with Crippen molar-refractivity contribution in [2.75, 3.05) is 13.2 Å². The molecule has 5 nitrogen and oxygen atoms in total. The summed E-state index contributed by atoms with van der Waals surface area (Å²) in [5.41, 5.74) is 3.23. The second-order valence-corrected chi connectivity index (χ2v) is 5.37. The molecule has 7 heteroatoms.